The highest BCUT2D eigenvalue weighted by molar-refractivity contribution is 7.89. The van der Waals surface area contributed by atoms with Crippen molar-refractivity contribution in [1.29, 1.82) is 0 Å². The third-order valence-corrected chi connectivity index (χ3v) is 5.89. The fourth-order valence-electron chi connectivity index (χ4n) is 2.82. The molecule has 0 saturated heterocycles. The van der Waals surface area contributed by atoms with Crippen molar-refractivity contribution in [3.05, 3.63) is 60.2 Å². The van der Waals surface area contributed by atoms with E-state index >= 15 is 0 Å². The van der Waals surface area contributed by atoms with Gasteiger partial charge in [-0.3, -0.25) is 0 Å². The second-order valence-corrected chi connectivity index (χ2v) is 8.27. The first-order valence-corrected chi connectivity index (χ1v) is 10.8. The van der Waals surface area contributed by atoms with Gasteiger partial charge >= 0.3 is 6.01 Å². The van der Waals surface area contributed by atoms with Crippen LogP contribution in [0.5, 0.6) is 11.8 Å². The van der Waals surface area contributed by atoms with Crippen LogP contribution in [0.2, 0.25) is 0 Å². The van der Waals surface area contributed by atoms with Crippen LogP contribution in [0.1, 0.15) is 5.56 Å². The van der Waals surface area contributed by atoms with E-state index in [-0.39, 0.29) is 10.9 Å². The predicted molar refractivity (Wildman–Crippen MR) is 115 cm³/mol. The molecule has 30 heavy (non-hydrogen) atoms. The lowest BCUT2D eigenvalue weighted by Crippen LogP contribution is -2.18. The van der Waals surface area contributed by atoms with Crippen LogP contribution in [0.15, 0.2) is 59.5 Å². The van der Waals surface area contributed by atoms with Crippen molar-refractivity contribution in [1.82, 2.24) is 14.7 Å². The number of methoxy groups -OCH3 is 2. The van der Waals surface area contributed by atoms with Crippen molar-refractivity contribution >= 4 is 15.8 Å². The molecule has 0 aliphatic rings. The normalized spacial score (nSPS) is 11.2. The highest BCUT2D eigenvalue weighted by Crippen LogP contribution is 2.24. The van der Waals surface area contributed by atoms with Gasteiger partial charge in [0.05, 0.1) is 24.8 Å². The topological polar surface area (TPSA) is 102 Å². The summed E-state index contributed by atoms with van der Waals surface area (Å²) in [5.74, 6) is 1.41. The third kappa shape index (κ3) is 5.25. The van der Waals surface area contributed by atoms with E-state index in [4.69, 9.17) is 9.47 Å². The maximum atomic E-state index is 12.1. The quantitative estimate of drug-likeness (QED) is 0.540. The molecule has 0 unspecified atom stereocenters. The molecule has 3 rings (SSSR count). The zero-order valence-corrected chi connectivity index (χ0v) is 17.9. The van der Waals surface area contributed by atoms with Gasteiger partial charge in [0.15, 0.2) is 0 Å². The Hall–Kier alpha value is -3.17. The molecule has 1 heterocycles. The summed E-state index contributed by atoms with van der Waals surface area (Å²) >= 11 is 0. The Bertz CT molecular complexity index is 1100. The number of hydrogen-bond donors (Lipinski definition) is 2. The van der Waals surface area contributed by atoms with Crippen LogP contribution in [0.3, 0.4) is 0 Å². The average Bonchev–Trinajstić information content (AvgIpc) is 2.79. The molecule has 9 heteroatoms. The average molecular weight is 429 g/mol. The highest BCUT2D eigenvalue weighted by Gasteiger charge is 2.14. The molecular weight excluding hydrogens is 404 g/mol. The predicted octanol–water partition coefficient (Wildman–Crippen LogP) is 2.72. The molecule has 3 aromatic rings. The molecule has 0 aliphatic carbocycles. The SMILES string of the molecule is CNS(=O)(=O)c1cccc(-c2cc(NCCc3ccc(OC)cc3)nc(OC)n2)c1. The van der Waals surface area contributed by atoms with E-state index < -0.39 is 10.0 Å². The van der Waals surface area contributed by atoms with Crippen molar-refractivity contribution in [2.45, 2.75) is 11.3 Å². The number of benzene rings is 2. The molecule has 0 fully saturated rings. The fourth-order valence-corrected chi connectivity index (χ4v) is 3.60. The number of ether oxygens (including phenoxy) is 2. The summed E-state index contributed by atoms with van der Waals surface area (Å²) in [4.78, 5) is 8.84. The van der Waals surface area contributed by atoms with Crippen molar-refractivity contribution in [3.63, 3.8) is 0 Å². The van der Waals surface area contributed by atoms with E-state index in [1.807, 2.05) is 24.3 Å². The summed E-state index contributed by atoms with van der Waals surface area (Å²) in [5.41, 5.74) is 2.36. The number of anilines is 1. The van der Waals surface area contributed by atoms with Gasteiger partial charge in [0, 0.05) is 18.2 Å². The van der Waals surface area contributed by atoms with Gasteiger partial charge in [0.25, 0.3) is 0 Å². The molecular formula is C21H24N4O4S. The van der Waals surface area contributed by atoms with Crippen LogP contribution in [0, 0.1) is 0 Å². The van der Waals surface area contributed by atoms with E-state index in [1.165, 1.54) is 20.2 Å². The van der Waals surface area contributed by atoms with Gasteiger partial charge in [-0.1, -0.05) is 24.3 Å². The van der Waals surface area contributed by atoms with Gasteiger partial charge in [-0.05, 0) is 43.3 Å². The Morgan fingerprint density at radius 3 is 2.40 bits per heavy atom. The van der Waals surface area contributed by atoms with Gasteiger partial charge in [-0.25, -0.2) is 13.1 Å². The van der Waals surface area contributed by atoms with Crippen LogP contribution in [-0.2, 0) is 16.4 Å². The van der Waals surface area contributed by atoms with E-state index in [9.17, 15) is 8.42 Å². The Kier molecular flexibility index (Phi) is 6.86. The van der Waals surface area contributed by atoms with Gasteiger partial charge in [-0.2, -0.15) is 9.97 Å². The van der Waals surface area contributed by atoms with E-state index in [2.05, 4.69) is 20.0 Å². The Morgan fingerprint density at radius 2 is 1.73 bits per heavy atom. The third-order valence-electron chi connectivity index (χ3n) is 4.48. The Balaban J connectivity index is 1.79. The lowest BCUT2D eigenvalue weighted by atomic mass is 10.1. The summed E-state index contributed by atoms with van der Waals surface area (Å²) < 4.78 is 36.9. The van der Waals surface area contributed by atoms with Crippen LogP contribution in [0.4, 0.5) is 5.82 Å². The second-order valence-electron chi connectivity index (χ2n) is 6.39. The number of sulfonamides is 1. The van der Waals surface area contributed by atoms with E-state index in [1.54, 1.807) is 31.4 Å². The van der Waals surface area contributed by atoms with Crippen LogP contribution in [-0.4, -0.2) is 46.2 Å². The Morgan fingerprint density at radius 1 is 0.967 bits per heavy atom. The van der Waals surface area contributed by atoms with Crippen LogP contribution in [0.25, 0.3) is 11.3 Å². The van der Waals surface area contributed by atoms with E-state index in [0.717, 1.165) is 17.7 Å². The molecule has 8 nitrogen and oxygen atoms in total. The zero-order chi connectivity index (χ0) is 21.6. The van der Waals surface area contributed by atoms with Gasteiger partial charge in [0.2, 0.25) is 10.0 Å². The molecule has 0 bridgehead atoms. The highest BCUT2D eigenvalue weighted by atomic mass is 32.2. The van der Waals surface area contributed by atoms with Crippen LogP contribution < -0.4 is 19.5 Å². The minimum atomic E-state index is -3.55. The molecule has 0 saturated carbocycles. The van der Waals surface area contributed by atoms with Crippen molar-refractivity contribution in [2.24, 2.45) is 0 Å². The maximum Gasteiger partial charge on any atom is 0.318 e. The van der Waals surface area contributed by atoms with Crippen molar-refractivity contribution < 1.29 is 17.9 Å². The summed E-state index contributed by atoms with van der Waals surface area (Å²) in [6.45, 7) is 0.653. The molecule has 0 radical (unpaired) electrons. The second kappa shape index (κ2) is 9.55. The van der Waals surface area contributed by atoms with Gasteiger partial charge < -0.3 is 14.8 Å². The van der Waals surface area contributed by atoms with Gasteiger partial charge in [0.1, 0.15) is 11.6 Å². The van der Waals surface area contributed by atoms with Crippen molar-refractivity contribution in [2.75, 3.05) is 33.1 Å². The lowest BCUT2D eigenvalue weighted by Gasteiger charge is -2.11. The summed E-state index contributed by atoms with van der Waals surface area (Å²) in [6, 6.07) is 16.4. The largest absolute Gasteiger partial charge is 0.497 e. The molecule has 0 spiro atoms. The first-order valence-electron chi connectivity index (χ1n) is 9.29. The molecule has 2 N–H and O–H groups in total. The maximum absolute atomic E-state index is 12.1. The number of aromatic nitrogens is 2. The van der Waals surface area contributed by atoms with Crippen molar-refractivity contribution in [3.8, 4) is 23.0 Å². The summed E-state index contributed by atoms with van der Waals surface area (Å²) in [5, 5.41) is 3.27. The van der Waals surface area contributed by atoms with E-state index in [0.29, 0.717) is 23.6 Å². The number of nitrogens with one attached hydrogen (secondary N) is 2. The fraction of sp³-hybridized carbons (Fsp3) is 0.238. The number of rotatable bonds is 9. The number of hydrogen-bond acceptors (Lipinski definition) is 7. The monoisotopic (exact) mass is 428 g/mol. The summed E-state index contributed by atoms with van der Waals surface area (Å²) in [6.07, 6.45) is 0.793. The van der Waals surface area contributed by atoms with Crippen LogP contribution >= 0.6 is 0 Å². The molecule has 158 valence electrons. The minimum absolute atomic E-state index is 0.161. The minimum Gasteiger partial charge on any atom is -0.497 e. The molecule has 0 aliphatic heterocycles. The summed E-state index contributed by atoms with van der Waals surface area (Å²) in [7, 11) is 0.950. The molecule has 1 aromatic heterocycles. The Labute approximate surface area is 176 Å². The first-order chi connectivity index (χ1) is 14.4. The molecule has 0 atom stereocenters. The molecule has 2 aromatic carbocycles. The standard InChI is InChI=1S/C21H24N4O4S/c1-22-30(26,27)18-6-4-5-16(13-18)19-14-20(25-21(24-19)29-3)23-12-11-15-7-9-17(28-2)10-8-15/h4-10,13-14,22H,11-12H2,1-3H3,(H,23,24,25). The zero-order valence-electron chi connectivity index (χ0n) is 17.0. The smallest absolute Gasteiger partial charge is 0.318 e. The first kappa shape index (κ1) is 21.5. The number of nitrogens with zero attached hydrogens (tertiary/aromatic N) is 2. The molecule has 0 amide bonds. The van der Waals surface area contributed by atoms with Gasteiger partial charge in [-0.15, -0.1) is 0 Å². The lowest BCUT2D eigenvalue weighted by molar-refractivity contribution is 0.381.